The van der Waals surface area contributed by atoms with Crippen LogP contribution in [0.2, 0.25) is 0 Å². The number of carbonyl (C=O) groups is 1. The third kappa shape index (κ3) is 2.72. The van der Waals surface area contributed by atoms with Gasteiger partial charge < -0.3 is 10.4 Å². The molecule has 6 heteroatoms. The van der Waals surface area contributed by atoms with E-state index in [0.29, 0.717) is 17.7 Å². The lowest BCUT2D eigenvalue weighted by molar-refractivity contribution is 0.102. The summed E-state index contributed by atoms with van der Waals surface area (Å²) in [5.41, 5.74) is 0.953. The number of rotatable bonds is 3. The van der Waals surface area contributed by atoms with E-state index in [-0.39, 0.29) is 17.3 Å². The molecule has 1 aromatic carbocycles. The smallest absolute Gasteiger partial charge is 0.258 e. The van der Waals surface area contributed by atoms with Gasteiger partial charge in [0.1, 0.15) is 5.75 Å². The van der Waals surface area contributed by atoms with Gasteiger partial charge in [0.05, 0.1) is 29.1 Å². The molecule has 0 saturated heterocycles. The van der Waals surface area contributed by atoms with Gasteiger partial charge in [0.15, 0.2) is 0 Å². The van der Waals surface area contributed by atoms with Crippen LogP contribution in [0.1, 0.15) is 22.8 Å². The van der Waals surface area contributed by atoms with Crippen LogP contribution in [-0.2, 0) is 6.54 Å². The highest BCUT2D eigenvalue weighted by atomic mass is 16.3. The molecule has 2 rings (SSSR count). The summed E-state index contributed by atoms with van der Waals surface area (Å²) in [7, 11) is 0. The predicted molar refractivity (Wildman–Crippen MR) is 68.7 cm³/mol. The fourth-order valence-electron chi connectivity index (χ4n) is 1.55. The van der Waals surface area contributed by atoms with Crippen LogP contribution in [-0.4, -0.2) is 20.8 Å². The average molecular weight is 256 g/mol. The number of aromatic nitrogens is 2. The molecule has 0 aliphatic rings. The number of benzene rings is 1. The molecule has 0 bridgehead atoms. The number of hydrogen-bond acceptors (Lipinski definition) is 4. The van der Waals surface area contributed by atoms with Crippen molar-refractivity contribution in [3.05, 3.63) is 41.7 Å². The molecule has 0 aliphatic heterocycles. The van der Waals surface area contributed by atoms with Gasteiger partial charge in [-0.3, -0.25) is 9.48 Å². The standard InChI is InChI=1S/C13H12N4O2/c1-2-17-8-10(7-15-17)13(19)16-11-5-9(6-14)3-4-12(11)18/h3-5,7-8,18H,2H2,1H3,(H,16,19). The first-order chi connectivity index (χ1) is 9.13. The number of phenolic OH excluding ortho intramolecular Hbond substituents is 1. The Morgan fingerprint density at radius 3 is 3.00 bits per heavy atom. The van der Waals surface area contributed by atoms with Crippen LogP contribution < -0.4 is 5.32 Å². The van der Waals surface area contributed by atoms with Gasteiger partial charge in [-0.25, -0.2) is 0 Å². The van der Waals surface area contributed by atoms with Crippen molar-refractivity contribution in [2.45, 2.75) is 13.5 Å². The topological polar surface area (TPSA) is 90.9 Å². The maximum atomic E-state index is 11.9. The monoisotopic (exact) mass is 256 g/mol. The first-order valence-corrected chi connectivity index (χ1v) is 5.71. The molecule has 0 unspecified atom stereocenters. The second kappa shape index (κ2) is 5.23. The lowest BCUT2D eigenvalue weighted by Crippen LogP contribution is -2.11. The predicted octanol–water partition coefficient (Wildman–Crippen LogP) is 1.73. The molecule has 6 nitrogen and oxygen atoms in total. The molecule has 96 valence electrons. The Kier molecular flexibility index (Phi) is 3.48. The van der Waals surface area contributed by atoms with Gasteiger partial charge in [0.25, 0.3) is 5.91 Å². The number of nitrogens with one attached hydrogen (secondary N) is 1. The van der Waals surface area contributed by atoms with Crippen molar-refractivity contribution in [2.24, 2.45) is 0 Å². The van der Waals surface area contributed by atoms with E-state index in [1.807, 2.05) is 13.0 Å². The molecule has 1 aromatic heterocycles. The van der Waals surface area contributed by atoms with Crippen molar-refractivity contribution in [1.29, 1.82) is 5.26 Å². The maximum Gasteiger partial charge on any atom is 0.258 e. The van der Waals surface area contributed by atoms with Crippen LogP contribution in [0.3, 0.4) is 0 Å². The van der Waals surface area contributed by atoms with Crippen LogP contribution in [0.5, 0.6) is 5.75 Å². The summed E-state index contributed by atoms with van der Waals surface area (Å²) >= 11 is 0. The first kappa shape index (κ1) is 12.6. The van der Waals surface area contributed by atoms with Crippen molar-refractivity contribution in [1.82, 2.24) is 9.78 Å². The molecule has 0 saturated carbocycles. The molecular formula is C13H12N4O2. The van der Waals surface area contributed by atoms with E-state index in [1.165, 1.54) is 24.4 Å². The summed E-state index contributed by atoms with van der Waals surface area (Å²) in [4.78, 5) is 11.9. The van der Waals surface area contributed by atoms with E-state index in [4.69, 9.17) is 5.26 Å². The highest BCUT2D eigenvalue weighted by Gasteiger charge is 2.11. The fourth-order valence-corrected chi connectivity index (χ4v) is 1.55. The Morgan fingerprint density at radius 1 is 1.58 bits per heavy atom. The zero-order chi connectivity index (χ0) is 13.8. The molecule has 0 radical (unpaired) electrons. The van der Waals surface area contributed by atoms with Crippen molar-refractivity contribution in [3.63, 3.8) is 0 Å². The zero-order valence-electron chi connectivity index (χ0n) is 10.3. The van der Waals surface area contributed by atoms with E-state index in [0.717, 1.165) is 0 Å². The third-order valence-corrected chi connectivity index (χ3v) is 2.59. The Hall–Kier alpha value is -2.81. The summed E-state index contributed by atoms with van der Waals surface area (Å²) in [5, 5.41) is 25.0. The maximum absolute atomic E-state index is 11.9. The largest absolute Gasteiger partial charge is 0.506 e. The minimum absolute atomic E-state index is 0.0877. The number of anilines is 1. The average Bonchev–Trinajstić information content (AvgIpc) is 2.90. The third-order valence-electron chi connectivity index (χ3n) is 2.59. The van der Waals surface area contributed by atoms with Gasteiger partial charge in [-0.05, 0) is 25.1 Å². The zero-order valence-corrected chi connectivity index (χ0v) is 10.3. The molecule has 2 N–H and O–H groups in total. The van der Waals surface area contributed by atoms with E-state index in [9.17, 15) is 9.90 Å². The van der Waals surface area contributed by atoms with E-state index in [2.05, 4.69) is 10.4 Å². The normalized spacial score (nSPS) is 9.89. The van der Waals surface area contributed by atoms with Gasteiger partial charge in [0.2, 0.25) is 0 Å². The number of nitrogens with zero attached hydrogens (tertiary/aromatic N) is 3. The van der Waals surface area contributed by atoms with E-state index in [1.54, 1.807) is 10.9 Å². The molecule has 0 spiro atoms. The Bertz CT molecular complexity index is 655. The van der Waals surface area contributed by atoms with Crippen molar-refractivity contribution in [3.8, 4) is 11.8 Å². The number of amides is 1. The molecule has 1 heterocycles. The minimum Gasteiger partial charge on any atom is -0.506 e. The summed E-state index contributed by atoms with van der Waals surface area (Å²) < 4.78 is 1.63. The number of hydrogen-bond donors (Lipinski definition) is 2. The molecule has 1 amide bonds. The van der Waals surface area contributed by atoms with Gasteiger partial charge >= 0.3 is 0 Å². The van der Waals surface area contributed by atoms with Crippen molar-refractivity contribution in [2.75, 3.05) is 5.32 Å². The van der Waals surface area contributed by atoms with E-state index >= 15 is 0 Å². The summed E-state index contributed by atoms with van der Waals surface area (Å²) in [5.74, 6) is -0.472. The number of aryl methyl sites for hydroxylation is 1. The summed E-state index contributed by atoms with van der Waals surface area (Å²) in [6.07, 6.45) is 3.06. The second-order valence-corrected chi connectivity index (χ2v) is 3.88. The number of nitriles is 1. The highest BCUT2D eigenvalue weighted by Crippen LogP contribution is 2.24. The number of aromatic hydroxyl groups is 1. The van der Waals surface area contributed by atoms with Crippen LogP contribution in [0.25, 0.3) is 0 Å². The lowest BCUT2D eigenvalue weighted by Gasteiger charge is -2.06. The van der Waals surface area contributed by atoms with Gasteiger partial charge in [0, 0.05) is 12.7 Å². The van der Waals surface area contributed by atoms with Crippen LogP contribution in [0.4, 0.5) is 5.69 Å². The van der Waals surface area contributed by atoms with Gasteiger partial charge in [-0.1, -0.05) is 0 Å². The lowest BCUT2D eigenvalue weighted by atomic mass is 10.2. The fraction of sp³-hybridized carbons (Fsp3) is 0.154. The van der Waals surface area contributed by atoms with Crippen molar-refractivity contribution < 1.29 is 9.90 Å². The molecule has 0 atom stereocenters. The quantitative estimate of drug-likeness (QED) is 0.818. The molecule has 2 aromatic rings. The Labute approximate surface area is 109 Å². The van der Waals surface area contributed by atoms with Crippen LogP contribution in [0.15, 0.2) is 30.6 Å². The van der Waals surface area contributed by atoms with Crippen LogP contribution in [0, 0.1) is 11.3 Å². The van der Waals surface area contributed by atoms with E-state index < -0.39 is 0 Å². The van der Waals surface area contributed by atoms with Crippen molar-refractivity contribution >= 4 is 11.6 Å². The summed E-state index contributed by atoms with van der Waals surface area (Å²) in [6.45, 7) is 2.58. The number of phenols is 1. The van der Waals surface area contributed by atoms with Gasteiger partial charge in [-0.2, -0.15) is 10.4 Å². The molecule has 19 heavy (non-hydrogen) atoms. The molecule has 0 aliphatic carbocycles. The van der Waals surface area contributed by atoms with Crippen LogP contribution >= 0.6 is 0 Å². The molecular weight excluding hydrogens is 244 g/mol. The number of carbonyl (C=O) groups excluding carboxylic acids is 1. The SMILES string of the molecule is CCn1cc(C(=O)Nc2cc(C#N)ccc2O)cn1. The Morgan fingerprint density at radius 2 is 2.37 bits per heavy atom. The van der Waals surface area contributed by atoms with Gasteiger partial charge in [-0.15, -0.1) is 0 Å². The first-order valence-electron chi connectivity index (χ1n) is 5.71. The molecule has 0 fully saturated rings. The minimum atomic E-state index is -0.384. The second-order valence-electron chi connectivity index (χ2n) is 3.88. The Balaban J connectivity index is 2.21. The summed E-state index contributed by atoms with van der Waals surface area (Å²) in [6, 6.07) is 6.19. The highest BCUT2D eigenvalue weighted by molar-refractivity contribution is 6.04.